The van der Waals surface area contributed by atoms with Gasteiger partial charge in [0, 0.05) is 48.7 Å². The Morgan fingerprint density at radius 1 is 1.00 bits per heavy atom. The highest BCUT2D eigenvalue weighted by Crippen LogP contribution is 2.31. The fourth-order valence-corrected chi connectivity index (χ4v) is 6.10. The molecule has 5 rings (SSSR count). The molecule has 0 radical (unpaired) electrons. The number of aldehydes is 1. The summed E-state index contributed by atoms with van der Waals surface area (Å²) in [5.74, 6) is 1.84. The zero-order chi connectivity index (χ0) is 26.9. The third-order valence-corrected chi connectivity index (χ3v) is 8.65. The predicted octanol–water partition coefficient (Wildman–Crippen LogP) is 4.84. The minimum Gasteiger partial charge on any atom is -0.384 e. The molecule has 0 bridgehead atoms. The Morgan fingerprint density at radius 3 is 2.24 bits per heavy atom. The number of nitrogen functional groups attached to an aromatic ring is 1. The molecule has 1 aliphatic carbocycles. The molecule has 2 aromatic rings. The van der Waals surface area contributed by atoms with Gasteiger partial charge in [0.05, 0.1) is 0 Å². The van der Waals surface area contributed by atoms with Crippen LogP contribution in [0.2, 0.25) is 5.02 Å². The highest BCUT2D eigenvalue weighted by molar-refractivity contribution is 6.30. The van der Waals surface area contributed by atoms with Crippen molar-refractivity contribution in [2.45, 2.75) is 64.0 Å². The standard InChI is InChI=1S/C24H32ClN5O.C6H10O/c25-21-3-1-18(2-4-21)23(27)19-8-13-30(14-9-19)24(31)20-6-11-29(12-7-20)16-17-5-10-28-22(26)15-17;7-5-6-3-1-2-4-6/h1-5,10,15,19-20,23H,6-9,11-14,16,27H2,(H2,26,28);5-6H,1-4H2. The number of amides is 1. The van der Waals surface area contributed by atoms with Gasteiger partial charge in [0.15, 0.2) is 0 Å². The molecule has 1 amide bonds. The van der Waals surface area contributed by atoms with Gasteiger partial charge in [-0.3, -0.25) is 9.69 Å². The molecule has 1 aromatic heterocycles. The number of anilines is 1. The summed E-state index contributed by atoms with van der Waals surface area (Å²) in [6, 6.07) is 11.7. The number of likely N-dealkylation sites (tertiary alicyclic amines) is 2. The minimum absolute atomic E-state index is 0.0000178. The Morgan fingerprint density at radius 2 is 1.66 bits per heavy atom. The van der Waals surface area contributed by atoms with Crippen LogP contribution in [0.5, 0.6) is 0 Å². The van der Waals surface area contributed by atoms with Crippen molar-refractivity contribution in [3.8, 4) is 0 Å². The first kappa shape index (κ1) is 28.5. The van der Waals surface area contributed by atoms with Gasteiger partial charge in [0.1, 0.15) is 12.1 Å². The molecule has 7 nitrogen and oxygen atoms in total. The molecule has 4 N–H and O–H groups in total. The molecule has 3 fully saturated rings. The zero-order valence-electron chi connectivity index (χ0n) is 22.3. The summed E-state index contributed by atoms with van der Waals surface area (Å²) in [5, 5.41) is 0.729. The van der Waals surface area contributed by atoms with Gasteiger partial charge in [0.2, 0.25) is 5.91 Å². The van der Waals surface area contributed by atoms with Gasteiger partial charge in [-0.2, -0.15) is 0 Å². The predicted molar refractivity (Wildman–Crippen MR) is 152 cm³/mol. The topological polar surface area (TPSA) is 106 Å². The first-order valence-corrected chi connectivity index (χ1v) is 14.5. The van der Waals surface area contributed by atoms with Crippen LogP contribution in [-0.4, -0.2) is 53.2 Å². The van der Waals surface area contributed by atoms with E-state index in [1.165, 1.54) is 18.4 Å². The van der Waals surface area contributed by atoms with E-state index >= 15 is 0 Å². The Labute approximate surface area is 231 Å². The summed E-state index contributed by atoms with van der Waals surface area (Å²) in [6.45, 7) is 4.36. The summed E-state index contributed by atoms with van der Waals surface area (Å²) >= 11 is 5.99. The number of carbonyl (C=O) groups is 2. The second-order valence-corrected chi connectivity index (χ2v) is 11.5. The smallest absolute Gasteiger partial charge is 0.225 e. The first-order chi connectivity index (χ1) is 18.4. The van der Waals surface area contributed by atoms with Gasteiger partial charge in [-0.25, -0.2) is 4.98 Å². The molecule has 2 saturated heterocycles. The number of nitrogens with zero attached hydrogens (tertiary/aromatic N) is 3. The lowest BCUT2D eigenvalue weighted by molar-refractivity contribution is -0.138. The molecule has 2 aliphatic heterocycles. The van der Waals surface area contributed by atoms with Crippen LogP contribution in [-0.2, 0) is 16.1 Å². The molecule has 1 atom stereocenters. The summed E-state index contributed by atoms with van der Waals surface area (Å²) in [4.78, 5) is 31.6. The zero-order valence-corrected chi connectivity index (χ0v) is 23.1. The number of carbonyl (C=O) groups excluding carboxylic acids is 2. The van der Waals surface area contributed by atoms with Crippen molar-refractivity contribution < 1.29 is 9.59 Å². The maximum Gasteiger partial charge on any atom is 0.225 e. The normalized spacial score (nSPS) is 20.5. The fraction of sp³-hybridized carbons (Fsp3) is 0.567. The number of nitrogens with two attached hydrogens (primary N) is 2. The van der Waals surface area contributed by atoms with Crippen molar-refractivity contribution in [3.05, 3.63) is 58.7 Å². The number of pyridine rings is 1. The Bertz CT molecular complexity index is 1030. The van der Waals surface area contributed by atoms with Crippen LogP contribution in [0, 0.1) is 17.8 Å². The van der Waals surface area contributed by atoms with Crippen molar-refractivity contribution >= 4 is 29.6 Å². The quantitative estimate of drug-likeness (QED) is 0.509. The number of halogens is 1. The Hall–Kier alpha value is -2.48. The highest BCUT2D eigenvalue weighted by Gasteiger charge is 2.32. The highest BCUT2D eigenvalue weighted by atomic mass is 35.5. The van der Waals surface area contributed by atoms with Gasteiger partial charge < -0.3 is 21.2 Å². The molecule has 206 valence electrons. The van der Waals surface area contributed by atoms with E-state index in [0.717, 1.165) is 88.1 Å². The fourth-order valence-electron chi connectivity index (χ4n) is 5.98. The van der Waals surface area contributed by atoms with Gasteiger partial charge in [-0.1, -0.05) is 36.6 Å². The van der Waals surface area contributed by atoms with E-state index < -0.39 is 0 Å². The van der Waals surface area contributed by atoms with E-state index in [2.05, 4.69) is 14.8 Å². The average Bonchev–Trinajstić information content (AvgIpc) is 3.48. The van der Waals surface area contributed by atoms with Crippen LogP contribution in [0.3, 0.4) is 0 Å². The number of piperidine rings is 2. The minimum atomic E-state index is -0.0000178. The second-order valence-electron chi connectivity index (χ2n) is 11.1. The van der Waals surface area contributed by atoms with Crippen molar-refractivity contribution in [1.82, 2.24) is 14.8 Å². The SMILES string of the molecule is Nc1cc(CN2CCC(C(=O)N3CCC(C(N)c4ccc(Cl)cc4)CC3)CC2)ccn1.O=CC1CCCC1. The number of rotatable bonds is 6. The van der Waals surface area contributed by atoms with Crippen LogP contribution >= 0.6 is 11.6 Å². The third kappa shape index (κ3) is 8.01. The molecular weight excluding hydrogens is 498 g/mol. The van der Waals surface area contributed by atoms with Crippen molar-refractivity contribution in [1.29, 1.82) is 0 Å². The lowest BCUT2D eigenvalue weighted by Gasteiger charge is -2.38. The molecule has 3 heterocycles. The maximum atomic E-state index is 13.1. The lowest BCUT2D eigenvalue weighted by atomic mass is 9.85. The van der Waals surface area contributed by atoms with Crippen LogP contribution in [0.4, 0.5) is 5.82 Å². The molecule has 3 aliphatic rings. The van der Waals surface area contributed by atoms with E-state index in [9.17, 15) is 9.59 Å². The molecule has 38 heavy (non-hydrogen) atoms. The van der Waals surface area contributed by atoms with Gasteiger partial charge >= 0.3 is 0 Å². The van der Waals surface area contributed by atoms with Crippen molar-refractivity contribution in [2.24, 2.45) is 23.5 Å². The molecule has 1 unspecified atom stereocenters. The number of hydrogen-bond acceptors (Lipinski definition) is 6. The maximum absolute atomic E-state index is 13.1. The largest absolute Gasteiger partial charge is 0.384 e. The summed E-state index contributed by atoms with van der Waals surface area (Å²) in [6.07, 6.45) is 11.4. The van der Waals surface area contributed by atoms with Gasteiger partial charge in [-0.05, 0) is 92.9 Å². The van der Waals surface area contributed by atoms with Crippen LogP contribution in [0.15, 0.2) is 42.6 Å². The molecular formula is C30H42ClN5O2. The van der Waals surface area contributed by atoms with Crippen LogP contribution < -0.4 is 11.5 Å². The van der Waals surface area contributed by atoms with E-state index in [-0.39, 0.29) is 12.0 Å². The van der Waals surface area contributed by atoms with E-state index in [1.54, 1.807) is 6.20 Å². The van der Waals surface area contributed by atoms with E-state index in [0.29, 0.717) is 23.6 Å². The van der Waals surface area contributed by atoms with Crippen LogP contribution in [0.25, 0.3) is 0 Å². The Kier molecular flexibility index (Phi) is 10.6. The summed E-state index contributed by atoms with van der Waals surface area (Å²) in [7, 11) is 0. The first-order valence-electron chi connectivity index (χ1n) is 14.1. The second kappa shape index (κ2) is 14.1. The summed E-state index contributed by atoms with van der Waals surface area (Å²) < 4.78 is 0. The third-order valence-electron chi connectivity index (χ3n) is 8.39. The van der Waals surface area contributed by atoms with Crippen LogP contribution in [0.1, 0.15) is 68.5 Å². The monoisotopic (exact) mass is 539 g/mol. The average molecular weight is 540 g/mol. The molecule has 1 aromatic carbocycles. The Balaban J connectivity index is 0.000000417. The molecule has 1 saturated carbocycles. The number of hydrogen-bond donors (Lipinski definition) is 2. The van der Waals surface area contributed by atoms with Gasteiger partial charge in [0.25, 0.3) is 0 Å². The number of aromatic nitrogens is 1. The van der Waals surface area contributed by atoms with Crippen molar-refractivity contribution in [2.75, 3.05) is 31.9 Å². The number of benzene rings is 1. The summed E-state index contributed by atoms with van der Waals surface area (Å²) in [5.41, 5.74) is 14.6. The van der Waals surface area contributed by atoms with E-state index in [4.69, 9.17) is 23.1 Å². The van der Waals surface area contributed by atoms with Crippen molar-refractivity contribution in [3.63, 3.8) is 0 Å². The molecule has 0 spiro atoms. The van der Waals surface area contributed by atoms with E-state index in [1.807, 2.05) is 36.4 Å². The molecule has 8 heteroatoms. The van der Waals surface area contributed by atoms with Gasteiger partial charge in [-0.15, -0.1) is 0 Å². The lowest BCUT2D eigenvalue weighted by Crippen LogP contribution is -2.46.